The lowest BCUT2D eigenvalue weighted by molar-refractivity contribution is -0.385. The van der Waals surface area contributed by atoms with Gasteiger partial charge in [-0.1, -0.05) is 41.4 Å². The third-order valence-corrected chi connectivity index (χ3v) is 7.63. The number of hydrogen-bond donors (Lipinski definition) is 2. The Morgan fingerprint density at radius 3 is 2.51 bits per heavy atom. The highest BCUT2D eigenvalue weighted by atomic mass is 35.5. The average Bonchev–Trinajstić information content (AvgIpc) is 3.22. The minimum absolute atomic E-state index is 0.110. The van der Waals surface area contributed by atoms with E-state index in [4.69, 9.17) is 23.2 Å². The second-order valence-corrected chi connectivity index (χ2v) is 10.5. The predicted octanol–water partition coefficient (Wildman–Crippen LogP) is 5.20. The summed E-state index contributed by atoms with van der Waals surface area (Å²) in [6, 6.07) is 15.0. The number of benzene rings is 3. The molecule has 9 nitrogen and oxygen atoms in total. The average molecular weight is 535 g/mol. The fourth-order valence-electron chi connectivity index (χ4n) is 3.77. The summed E-state index contributed by atoms with van der Waals surface area (Å²) in [4.78, 5) is 10.3. The second kappa shape index (κ2) is 9.82. The third-order valence-electron chi connectivity index (χ3n) is 5.55. The standard InChI is InChI=1S/C23H20Cl2N4O5S/c1-14-2-6-18(29(31)32)12-23(14)35(33,34)26-13-17-11-22(15-3-7-19(30)8-4-15)28(27-17)21-9-5-16(24)10-20(21)25/h2-10,12,22,26,30H,11,13H2,1H3. The van der Waals surface area contributed by atoms with Gasteiger partial charge in [0, 0.05) is 23.6 Å². The number of nitrogens with zero attached hydrogens (tertiary/aromatic N) is 3. The fraction of sp³-hybridized carbons (Fsp3) is 0.174. The van der Waals surface area contributed by atoms with Crippen molar-refractivity contribution in [2.45, 2.75) is 24.3 Å². The van der Waals surface area contributed by atoms with Crippen molar-refractivity contribution >= 4 is 50.3 Å². The molecule has 4 rings (SSSR count). The van der Waals surface area contributed by atoms with Crippen LogP contribution in [0.2, 0.25) is 10.0 Å². The first kappa shape index (κ1) is 24.9. The first-order valence-corrected chi connectivity index (χ1v) is 12.6. The van der Waals surface area contributed by atoms with E-state index in [-0.39, 0.29) is 28.9 Å². The van der Waals surface area contributed by atoms with Crippen LogP contribution in [0.15, 0.2) is 70.7 Å². The molecule has 0 spiro atoms. The molecular weight excluding hydrogens is 515 g/mol. The van der Waals surface area contributed by atoms with E-state index in [1.54, 1.807) is 54.4 Å². The summed E-state index contributed by atoms with van der Waals surface area (Å²) in [5.74, 6) is 0.115. The Morgan fingerprint density at radius 2 is 1.86 bits per heavy atom. The summed E-state index contributed by atoms with van der Waals surface area (Å²) >= 11 is 12.5. The molecule has 0 aromatic heterocycles. The van der Waals surface area contributed by atoms with Gasteiger partial charge in [-0.05, 0) is 48.4 Å². The van der Waals surface area contributed by atoms with Gasteiger partial charge in [-0.25, -0.2) is 13.1 Å². The number of hydrazone groups is 1. The van der Waals surface area contributed by atoms with E-state index in [1.165, 1.54) is 12.1 Å². The van der Waals surface area contributed by atoms with Crippen LogP contribution in [-0.2, 0) is 10.0 Å². The number of nitro benzene ring substituents is 1. The van der Waals surface area contributed by atoms with Crippen LogP contribution in [0.5, 0.6) is 5.75 Å². The van der Waals surface area contributed by atoms with E-state index in [2.05, 4.69) is 9.82 Å². The molecule has 1 atom stereocenters. The number of anilines is 1. The van der Waals surface area contributed by atoms with Crippen molar-refractivity contribution in [1.29, 1.82) is 0 Å². The van der Waals surface area contributed by atoms with Gasteiger partial charge in [-0.2, -0.15) is 5.10 Å². The van der Waals surface area contributed by atoms with Crippen LogP contribution in [0.3, 0.4) is 0 Å². The SMILES string of the molecule is Cc1ccc([N+](=O)[O-])cc1S(=O)(=O)NCC1=NN(c2ccc(Cl)cc2Cl)C(c2ccc(O)cc2)C1. The normalized spacial score (nSPS) is 15.8. The van der Waals surface area contributed by atoms with Crippen LogP contribution in [0.4, 0.5) is 11.4 Å². The molecule has 1 heterocycles. The van der Waals surface area contributed by atoms with Gasteiger partial charge in [0.15, 0.2) is 0 Å². The molecule has 1 aliphatic rings. The van der Waals surface area contributed by atoms with Crippen molar-refractivity contribution in [3.05, 3.63) is 92.0 Å². The third kappa shape index (κ3) is 5.40. The Labute approximate surface area is 211 Å². The molecule has 3 aromatic rings. The van der Waals surface area contributed by atoms with Crippen molar-refractivity contribution < 1.29 is 18.4 Å². The summed E-state index contributed by atoms with van der Waals surface area (Å²) in [7, 11) is -4.05. The molecule has 0 saturated heterocycles. The molecule has 35 heavy (non-hydrogen) atoms. The van der Waals surface area contributed by atoms with Crippen LogP contribution < -0.4 is 9.73 Å². The van der Waals surface area contributed by atoms with Crippen molar-refractivity contribution in [3.63, 3.8) is 0 Å². The number of phenols is 1. The predicted molar refractivity (Wildman–Crippen MR) is 135 cm³/mol. The maximum Gasteiger partial charge on any atom is 0.270 e. The maximum absolute atomic E-state index is 13.0. The summed E-state index contributed by atoms with van der Waals surface area (Å²) in [6.07, 6.45) is 0.375. The van der Waals surface area contributed by atoms with Gasteiger partial charge < -0.3 is 5.11 Å². The molecule has 0 radical (unpaired) electrons. The molecule has 0 fully saturated rings. The van der Waals surface area contributed by atoms with Gasteiger partial charge in [-0.15, -0.1) is 0 Å². The van der Waals surface area contributed by atoms with Crippen molar-refractivity contribution in [3.8, 4) is 5.75 Å². The maximum atomic E-state index is 13.0. The Morgan fingerprint density at radius 1 is 1.14 bits per heavy atom. The molecule has 0 saturated carbocycles. The summed E-state index contributed by atoms with van der Waals surface area (Å²) in [5, 5.41) is 27.9. The Kier molecular flexibility index (Phi) is 7.00. The largest absolute Gasteiger partial charge is 0.508 e. The van der Waals surface area contributed by atoms with Gasteiger partial charge in [-0.3, -0.25) is 15.1 Å². The molecule has 1 aliphatic heterocycles. The van der Waals surface area contributed by atoms with E-state index in [0.29, 0.717) is 33.4 Å². The Hall–Kier alpha value is -3.18. The molecule has 12 heteroatoms. The number of halogens is 2. The number of non-ortho nitro benzene ring substituents is 1. The number of phenolic OH excluding ortho intramolecular Hbond substituents is 1. The minimum atomic E-state index is -4.05. The molecule has 0 aliphatic carbocycles. The highest BCUT2D eigenvalue weighted by molar-refractivity contribution is 7.89. The summed E-state index contributed by atoms with van der Waals surface area (Å²) in [5.41, 5.74) is 2.02. The lowest BCUT2D eigenvalue weighted by Crippen LogP contribution is -2.29. The first-order valence-electron chi connectivity index (χ1n) is 10.4. The number of rotatable bonds is 7. The fourth-order valence-corrected chi connectivity index (χ4v) is 5.55. The molecule has 0 bridgehead atoms. The number of sulfonamides is 1. The van der Waals surface area contributed by atoms with Crippen molar-refractivity contribution in [2.75, 3.05) is 11.6 Å². The van der Waals surface area contributed by atoms with E-state index in [1.807, 2.05) is 0 Å². The van der Waals surface area contributed by atoms with Crippen LogP contribution in [0.1, 0.15) is 23.6 Å². The number of nitrogens with one attached hydrogen (secondary N) is 1. The minimum Gasteiger partial charge on any atom is -0.508 e. The van der Waals surface area contributed by atoms with E-state index in [0.717, 1.165) is 11.6 Å². The number of aryl methyl sites for hydroxylation is 1. The van der Waals surface area contributed by atoms with Crippen LogP contribution in [-0.4, -0.2) is 30.7 Å². The smallest absolute Gasteiger partial charge is 0.270 e. The van der Waals surface area contributed by atoms with E-state index < -0.39 is 14.9 Å². The van der Waals surface area contributed by atoms with Gasteiger partial charge in [0.1, 0.15) is 5.75 Å². The molecule has 0 amide bonds. The topological polar surface area (TPSA) is 125 Å². The summed E-state index contributed by atoms with van der Waals surface area (Å²) in [6.45, 7) is 1.46. The van der Waals surface area contributed by atoms with Gasteiger partial charge in [0.05, 0.1) is 38.8 Å². The summed E-state index contributed by atoms with van der Waals surface area (Å²) < 4.78 is 28.4. The van der Waals surface area contributed by atoms with E-state index in [9.17, 15) is 23.6 Å². The van der Waals surface area contributed by atoms with Crippen LogP contribution >= 0.6 is 23.2 Å². The van der Waals surface area contributed by atoms with Crippen molar-refractivity contribution in [1.82, 2.24) is 4.72 Å². The van der Waals surface area contributed by atoms with Gasteiger partial charge in [0.25, 0.3) is 5.69 Å². The zero-order chi connectivity index (χ0) is 25.3. The molecular formula is C23H20Cl2N4O5S. The first-order chi connectivity index (χ1) is 16.5. The second-order valence-electron chi connectivity index (χ2n) is 7.95. The van der Waals surface area contributed by atoms with E-state index >= 15 is 0 Å². The van der Waals surface area contributed by atoms with Gasteiger partial charge >= 0.3 is 0 Å². The lowest BCUT2D eigenvalue weighted by Gasteiger charge is -2.25. The number of nitro groups is 1. The monoisotopic (exact) mass is 534 g/mol. The highest BCUT2D eigenvalue weighted by Crippen LogP contribution is 2.40. The molecule has 1 unspecified atom stereocenters. The Bertz CT molecular complexity index is 1430. The van der Waals surface area contributed by atoms with Crippen LogP contribution in [0.25, 0.3) is 0 Å². The zero-order valence-electron chi connectivity index (χ0n) is 18.4. The molecule has 2 N–H and O–H groups in total. The number of hydrogen-bond acceptors (Lipinski definition) is 7. The van der Waals surface area contributed by atoms with Gasteiger partial charge in [0.2, 0.25) is 10.0 Å². The molecule has 3 aromatic carbocycles. The van der Waals surface area contributed by atoms with Crippen LogP contribution in [0, 0.1) is 17.0 Å². The zero-order valence-corrected chi connectivity index (χ0v) is 20.7. The Balaban J connectivity index is 1.63. The highest BCUT2D eigenvalue weighted by Gasteiger charge is 2.31. The van der Waals surface area contributed by atoms with Crippen molar-refractivity contribution in [2.24, 2.45) is 5.10 Å². The number of aromatic hydroxyl groups is 1. The quantitative estimate of drug-likeness (QED) is 0.317. The molecule has 182 valence electrons. The lowest BCUT2D eigenvalue weighted by atomic mass is 10.0.